The lowest BCUT2D eigenvalue weighted by Gasteiger charge is -2.41. The van der Waals surface area contributed by atoms with Gasteiger partial charge in [0.15, 0.2) is 0 Å². The Balaban J connectivity index is 1.30. The molecule has 1 spiro atoms. The molecule has 0 aliphatic carbocycles. The van der Waals surface area contributed by atoms with Gasteiger partial charge in [-0.05, 0) is 56.2 Å². The second-order valence-electron chi connectivity index (χ2n) is 13.2. The molecule has 2 fully saturated rings. The van der Waals surface area contributed by atoms with E-state index in [4.69, 9.17) is 9.47 Å². The van der Waals surface area contributed by atoms with Gasteiger partial charge >= 0.3 is 0 Å². The Kier molecular flexibility index (Phi) is 7.67. The summed E-state index contributed by atoms with van der Waals surface area (Å²) in [6.07, 6.45) is 7.41. The van der Waals surface area contributed by atoms with Gasteiger partial charge in [0.05, 0.1) is 42.2 Å². The molecule has 0 radical (unpaired) electrons. The van der Waals surface area contributed by atoms with Crippen molar-refractivity contribution in [3.8, 4) is 5.75 Å². The van der Waals surface area contributed by atoms with E-state index in [-0.39, 0.29) is 43.5 Å². The summed E-state index contributed by atoms with van der Waals surface area (Å²) in [6, 6.07) is 13.0. The molecule has 12 heteroatoms. The van der Waals surface area contributed by atoms with Crippen molar-refractivity contribution >= 4 is 34.4 Å². The Labute approximate surface area is 273 Å². The van der Waals surface area contributed by atoms with E-state index in [1.807, 2.05) is 101 Å². The molecule has 1 N–H and O–H groups in total. The number of aliphatic hydroxyl groups is 1. The summed E-state index contributed by atoms with van der Waals surface area (Å²) in [7, 11) is 0. The predicted octanol–water partition coefficient (Wildman–Crippen LogP) is 2.78. The molecule has 2 aromatic carbocycles. The SMILES string of the molecule is CCOc1ccc(N2CC=C[C@@]3(C)O[C@]45C=CCN(Cn6nnc7ccccc76)C(=O)C4N([C@@H](CO)C(C)C)C(=O)[C@@H]5[C@H]3C2=O)cc1. The third-order valence-electron chi connectivity index (χ3n) is 10.1. The molecule has 0 bridgehead atoms. The fourth-order valence-electron chi connectivity index (χ4n) is 7.92. The van der Waals surface area contributed by atoms with Crippen molar-refractivity contribution < 1.29 is 29.0 Å². The first-order valence-electron chi connectivity index (χ1n) is 16.2. The maximum absolute atomic E-state index is 14.8. The molecule has 5 heterocycles. The fraction of sp³-hybridized carbons (Fsp3) is 0.457. The highest BCUT2D eigenvalue weighted by molar-refractivity contribution is 6.04. The first-order valence-corrected chi connectivity index (χ1v) is 16.2. The van der Waals surface area contributed by atoms with Crippen LogP contribution in [0, 0.1) is 17.8 Å². The third kappa shape index (κ3) is 4.76. The van der Waals surface area contributed by atoms with Crippen LogP contribution in [0.4, 0.5) is 5.69 Å². The number of hydrogen-bond donors (Lipinski definition) is 1. The highest BCUT2D eigenvalue weighted by Gasteiger charge is 2.75. The zero-order valence-electron chi connectivity index (χ0n) is 27.0. The molecule has 1 aromatic heterocycles. The van der Waals surface area contributed by atoms with Gasteiger partial charge in [0.1, 0.15) is 29.6 Å². The molecule has 2 saturated heterocycles. The first kappa shape index (κ1) is 31.1. The largest absolute Gasteiger partial charge is 0.494 e. The average Bonchev–Trinajstić information content (AvgIpc) is 3.58. The molecule has 4 aliphatic rings. The molecule has 7 rings (SSSR count). The Bertz CT molecular complexity index is 1770. The van der Waals surface area contributed by atoms with E-state index in [1.54, 1.807) is 14.5 Å². The summed E-state index contributed by atoms with van der Waals surface area (Å²) in [4.78, 5) is 49.1. The number of likely N-dealkylation sites (tertiary alicyclic amines) is 1. The number of nitrogens with zero attached hydrogens (tertiary/aromatic N) is 6. The van der Waals surface area contributed by atoms with Gasteiger partial charge in [0.25, 0.3) is 5.91 Å². The van der Waals surface area contributed by atoms with Crippen molar-refractivity contribution in [3.05, 3.63) is 72.8 Å². The highest BCUT2D eigenvalue weighted by Crippen LogP contribution is 2.58. The molecule has 1 unspecified atom stereocenters. The van der Waals surface area contributed by atoms with Gasteiger partial charge in [0, 0.05) is 18.8 Å². The Hall–Kier alpha value is -4.55. The van der Waals surface area contributed by atoms with Crippen LogP contribution < -0.4 is 9.64 Å². The predicted molar refractivity (Wildman–Crippen MR) is 173 cm³/mol. The normalized spacial score (nSPS) is 29.3. The van der Waals surface area contributed by atoms with Crippen LogP contribution in [0.15, 0.2) is 72.8 Å². The topological polar surface area (TPSA) is 130 Å². The van der Waals surface area contributed by atoms with Crippen LogP contribution in [-0.4, -0.2) is 97.2 Å². The maximum Gasteiger partial charge on any atom is 0.250 e. The second kappa shape index (κ2) is 11.6. The molecule has 3 amide bonds. The fourth-order valence-corrected chi connectivity index (χ4v) is 7.92. The summed E-state index contributed by atoms with van der Waals surface area (Å²) < 4.78 is 14.2. The zero-order chi connectivity index (χ0) is 33.1. The number of aliphatic hydroxyl groups excluding tert-OH is 1. The van der Waals surface area contributed by atoms with Crippen molar-refractivity contribution in [3.63, 3.8) is 0 Å². The molecule has 47 heavy (non-hydrogen) atoms. The maximum atomic E-state index is 14.8. The van der Waals surface area contributed by atoms with Crippen molar-refractivity contribution in [1.29, 1.82) is 0 Å². The van der Waals surface area contributed by atoms with Gasteiger partial charge in [0.2, 0.25) is 11.8 Å². The van der Waals surface area contributed by atoms with Crippen molar-refractivity contribution in [2.45, 2.75) is 57.6 Å². The third-order valence-corrected chi connectivity index (χ3v) is 10.1. The zero-order valence-corrected chi connectivity index (χ0v) is 27.0. The number of hydrogen-bond acceptors (Lipinski definition) is 8. The molecule has 12 nitrogen and oxygen atoms in total. The lowest BCUT2D eigenvalue weighted by Crippen LogP contribution is -2.59. The molecular formula is C35H40N6O6. The smallest absolute Gasteiger partial charge is 0.250 e. The lowest BCUT2D eigenvalue weighted by molar-refractivity contribution is -0.156. The van der Waals surface area contributed by atoms with E-state index in [0.29, 0.717) is 30.1 Å². The number of fused-ring (bicyclic) bond motifs is 3. The average molecular weight is 641 g/mol. The molecular weight excluding hydrogens is 600 g/mol. The highest BCUT2D eigenvalue weighted by atomic mass is 16.5. The minimum atomic E-state index is -1.45. The summed E-state index contributed by atoms with van der Waals surface area (Å²) in [6.45, 7) is 8.35. The van der Waals surface area contributed by atoms with E-state index in [2.05, 4.69) is 10.3 Å². The van der Waals surface area contributed by atoms with E-state index < -0.39 is 35.1 Å². The van der Waals surface area contributed by atoms with Gasteiger partial charge < -0.3 is 29.3 Å². The number of carbonyl (C=O) groups is 3. The summed E-state index contributed by atoms with van der Waals surface area (Å²) in [5, 5.41) is 19.1. The summed E-state index contributed by atoms with van der Waals surface area (Å²) in [5.41, 5.74) is -0.476. The standard InChI is InChI=1S/C35H40N6O6/c1-5-46-24-14-12-23(13-15-24)39-19-8-16-34(4)28(31(39)43)29-32(44)41(27(20-42)22(2)3)30-33(45)38(18-9-17-35(29,30)47-34)21-40-26-11-7-6-10-25(26)36-37-40/h6-17,22,27-30,42H,5,18-21H2,1-4H3/t27-,28-,29-,30?,34+,35-/m0/s1. The Morgan fingerprint density at radius 1 is 0.979 bits per heavy atom. The lowest BCUT2D eigenvalue weighted by atomic mass is 9.74. The minimum absolute atomic E-state index is 0.0967. The number of rotatable bonds is 8. The van der Waals surface area contributed by atoms with Crippen LogP contribution in [0.1, 0.15) is 27.7 Å². The molecule has 4 aliphatic heterocycles. The van der Waals surface area contributed by atoms with Crippen molar-refractivity contribution in [2.75, 3.05) is 31.2 Å². The number of benzene rings is 2. The van der Waals surface area contributed by atoms with Gasteiger partial charge in [-0.25, -0.2) is 4.68 Å². The van der Waals surface area contributed by atoms with Crippen LogP contribution in [0.25, 0.3) is 11.0 Å². The van der Waals surface area contributed by atoms with E-state index in [0.717, 1.165) is 5.52 Å². The summed E-state index contributed by atoms with van der Waals surface area (Å²) >= 11 is 0. The van der Waals surface area contributed by atoms with Gasteiger partial charge in [-0.15, -0.1) is 5.10 Å². The number of para-hydroxylation sites is 1. The van der Waals surface area contributed by atoms with E-state index in [9.17, 15) is 19.5 Å². The van der Waals surface area contributed by atoms with Gasteiger partial charge in [-0.3, -0.25) is 14.4 Å². The Morgan fingerprint density at radius 3 is 2.45 bits per heavy atom. The quantitative estimate of drug-likeness (QED) is 0.372. The first-order chi connectivity index (χ1) is 22.6. The van der Waals surface area contributed by atoms with E-state index in [1.165, 1.54) is 4.90 Å². The van der Waals surface area contributed by atoms with Crippen LogP contribution in [0.2, 0.25) is 0 Å². The molecule has 3 aromatic rings. The van der Waals surface area contributed by atoms with Crippen LogP contribution in [-0.2, 0) is 25.8 Å². The number of ether oxygens (including phenoxy) is 2. The number of aromatic nitrogens is 3. The van der Waals surface area contributed by atoms with E-state index >= 15 is 0 Å². The summed E-state index contributed by atoms with van der Waals surface area (Å²) in [5.74, 6) is -2.40. The number of amides is 3. The van der Waals surface area contributed by atoms with Gasteiger partial charge in [-0.2, -0.15) is 0 Å². The number of carbonyl (C=O) groups excluding carboxylic acids is 3. The van der Waals surface area contributed by atoms with Crippen LogP contribution in [0.3, 0.4) is 0 Å². The molecule has 0 saturated carbocycles. The van der Waals surface area contributed by atoms with Crippen LogP contribution >= 0.6 is 0 Å². The Morgan fingerprint density at radius 2 is 1.72 bits per heavy atom. The minimum Gasteiger partial charge on any atom is -0.494 e. The monoisotopic (exact) mass is 640 g/mol. The second-order valence-corrected chi connectivity index (χ2v) is 13.2. The number of anilines is 1. The van der Waals surface area contributed by atoms with Gasteiger partial charge in [-0.1, -0.05) is 55.5 Å². The molecule has 6 atom stereocenters. The molecule has 246 valence electrons. The van der Waals surface area contributed by atoms with Crippen molar-refractivity contribution in [1.82, 2.24) is 24.8 Å². The van der Waals surface area contributed by atoms with Crippen LogP contribution in [0.5, 0.6) is 5.75 Å². The van der Waals surface area contributed by atoms with Crippen molar-refractivity contribution in [2.24, 2.45) is 17.8 Å².